The van der Waals surface area contributed by atoms with Crippen molar-refractivity contribution in [3.63, 3.8) is 0 Å². The van der Waals surface area contributed by atoms with Gasteiger partial charge in [-0.2, -0.15) is 4.37 Å². The molecule has 0 aliphatic carbocycles. The monoisotopic (exact) mass is 317 g/mol. The van der Waals surface area contributed by atoms with E-state index in [-0.39, 0.29) is 17.9 Å². The van der Waals surface area contributed by atoms with Gasteiger partial charge in [0, 0.05) is 24.6 Å². The topological polar surface area (TPSA) is 63.2 Å². The maximum absolute atomic E-state index is 12.6. The first kappa shape index (κ1) is 14.8. The van der Waals surface area contributed by atoms with Crippen LogP contribution in [-0.4, -0.2) is 30.0 Å². The van der Waals surface area contributed by atoms with Crippen LogP contribution in [0.5, 0.6) is 5.75 Å². The molecule has 1 aliphatic rings. The zero-order valence-electron chi connectivity index (χ0n) is 12.8. The van der Waals surface area contributed by atoms with Crippen LogP contribution >= 0.6 is 11.5 Å². The summed E-state index contributed by atoms with van der Waals surface area (Å²) in [5.41, 5.74) is 2.54. The molecule has 2 atom stereocenters. The first-order valence-corrected chi connectivity index (χ1v) is 8.05. The lowest BCUT2D eigenvalue weighted by Gasteiger charge is -2.20. The van der Waals surface area contributed by atoms with E-state index in [2.05, 4.69) is 21.1 Å². The number of nitrogens with one attached hydrogen (secondary N) is 2. The number of fused-ring (bicyclic) bond motifs is 1. The molecule has 2 unspecified atom stereocenters. The van der Waals surface area contributed by atoms with Gasteiger partial charge < -0.3 is 15.4 Å². The van der Waals surface area contributed by atoms with Gasteiger partial charge in [-0.3, -0.25) is 4.79 Å². The van der Waals surface area contributed by atoms with Crippen LogP contribution in [0.15, 0.2) is 24.3 Å². The van der Waals surface area contributed by atoms with E-state index in [1.54, 1.807) is 7.05 Å². The van der Waals surface area contributed by atoms with Crippen molar-refractivity contribution < 1.29 is 9.53 Å². The minimum absolute atomic E-state index is 0.0137. The molecule has 3 rings (SSSR count). The average Bonchev–Trinajstić information content (AvgIpc) is 3.10. The molecule has 1 aromatic heterocycles. The van der Waals surface area contributed by atoms with Gasteiger partial charge in [0.15, 0.2) is 0 Å². The average molecular weight is 317 g/mol. The number of ether oxygens (including phenoxy) is 1. The normalized spacial score (nSPS) is 17.5. The van der Waals surface area contributed by atoms with Crippen molar-refractivity contribution in [1.29, 1.82) is 0 Å². The van der Waals surface area contributed by atoms with Gasteiger partial charge in [0.05, 0.1) is 17.9 Å². The molecule has 5 nitrogen and oxygen atoms in total. The van der Waals surface area contributed by atoms with E-state index in [0.29, 0.717) is 12.2 Å². The number of hydrogen-bond acceptors (Lipinski definition) is 5. The smallest absolute Gasteiger partial charge is 0.256 e. The van der Waals surface area contributed by atoms with Gasteiger partial charge in [-0.05, 0) is 31.4 Å². The second kappa shape index (κ2) is 5.96. The molecular formula is C16H19N3O2S. The molecular weight excluding hydrogens is 298 g/mol. The van der Waals surface area contributed by atoms with Crippen molar-refractivity contribution in [2.45, 2.75) is 25.8 Å². The van der Waals surface area contributed by atoms with Gasteiger partial charge in [-0.15, -0.1) is 0 Å². The van der Waals surface area contributed by atoms with Crippen LogP contribution in [0.1, 0.15) is 34.5 Å². The maximum Gasteiger partial charge on any atom is 0.256 e. The van der Waals surface area contributed by atoms with Crippen molar-refractivity contribution in [2.24, 2.45) is 0 Å². The summed E-state index contributed by atoms with van der Waals surface area (Å²) in [4.78, 5) is 12.6. The predicted octanol–water partition coefficient (Wildman–Crippen LogP) is 2.79. The molecule has 0 radical (unpaired) electrons. The number of para-hydroxylation sites is 1. The number of aryl methyl sites for hydroxylation is 1. The summed E-state index contributed by atoms with van der Waals surface area (Å²) in [6.07, 6.45) is 0. The van der Waals surface area contributed by atoms with Gasteiger partial charge in [0.1, 0.15) is 10.8 Å². The second-order valence-electron chi connectivity index (χ2n) is 5.44. The summed E-state index contributed by atoms with van der Waals surface area (Å²) in [7, 11) is 1.80. The number of hydrogen-bond donors (Lipinski definition) is 2. The lowest BCUT2D eigenvalue weighted by Crippen LogP contribution is -2.38. The molecule has 116 valence electrons. The van der Waals surface area contributed by atoms with Crippen molar-refractivity contribution >= 4 is 22.4 Å². The fourth-order valence-electron chi connectivity index (χ4n) is 2.79. The zero-order valence-corrected chi connectivity index (χ0v) is 13.7. The zero-order chi connectivity index (χ0) is 15.7. The van der Waals surface area contributed by atoms with Crippen molar-refractivity contribution in [3.05, 3.63) is 41.1 Å². The Morgan fingerprint density at radius 1 is 1.45 bits per heavy atom. The summed E-state index contributed by atoms with van der Waals surface area (Å²) in [6, 6.07) is 7.98. The molecule has 2 heterocycles. The van der Waals surface area contributed by atoms with Crippen LogP contribution < -0.4 is 15.4 Å². The molecule has 6 heteroatoms. The number of rotatable bonds is 4. The van der Waals surface area contributed by atoms with Crippen molar-refractivity contribution in [3.8, 4) is 5.75 Å². The van der Waals surface area contributed by atoms with E-state index < -0.39 is 0 Å². The Hall–Kier alpha value is -2.08. The van der Waals surface area contributed by atoms with E-state index >= 15 is 0 Å². The highest BCUT2D eigenvalue weighted by molar-refractivity contribution is 7.10. The summed E-state index contributed by atoms with van der Waals surface area (Å²) >= 11 is 1.31. The minimum Gasteiger partial charge on any atom is -0.493 e. The van der Waals surface area contributed by atoms with E-state index in [0.717, 1.165) is 22.0 Å². The predicted molar refractivity (Wildman–Crippen MR) is 88.0 cm³/mol. The molecule has 0 saturated carbocycles. The largest absolute Gasteiger partial charge is 0.493 e. The third kappa shape index (κ3) is 2.54. The third-order valence-electron chi connectivity index (χ3n) is 4.02. The van der Waals surface area contributed by atoms with Crippen LogP contribution in [0.4, 0.5) is 5.00 Å². The summed E-state index contributed by atoms with van der Waals surface area (Å²) in [6.45, 7) is 4.47. The molecule has 2 N–H and O–H groups in total. The van der Waals surface area contributed by atoms with Gasteiger partial charge >= 0.3 is 0 Å². The van der Waals surface area contributed by atoms with Gasteiger partial charge in [-0.1, -0.05) is 18.2 Å². The Labute approximate surface area is 133 Å². The minimum atomic E-state index is -0.0903. The Balaban J connectivity index is 1.76. The molecule has 1 amide bonds. The van der Waals surface area contributed by atoms with Crippen LogP contribution in [-0.2, 0) is 0 Å². The number of carbonyl (C=O) groups is 1. The van der Waals surface area contributed by atoms with Crippen LogP contribution in [0.25, 0.3) is 0 Å². The van der Waals surface area contributed by atoms with E-state index in [1.165, 1.54) is 11.5 Å². The Bertz CT molecular complexity index is 698. The molecule has 22 heavy (non-hydrogen) atoms. The van der Waals surface area contributed by atoms with Crippen LogP contribution in [0.3, 0.4) is 0 Å². The summed E-state index contributed by atoms with van der Waals surface area (Å²) in [5, 5.41) is 6.91. The highest BCUT2D eigenvalue weighted by Crippen LogP contribution is 2.35. The number of benzene rings is 1. The fourth-order valence-corrected chi connectivity index (χ4v) is 3.53. The van der Waals surface area contributed by atoms with E-state index in [1.807, 2.05) is 32.0 Å². The Morgan fingerprint density at radius 2 is 2.23 bits per heavy atom. The van der Waals surface area contributed by atoms with Gasteiger partial charge in [0.25, 0.3) is 5.91 Å². The summed E-state index contributed by atoms with van der Waals surface area (Å²) in [5.74, 6) is 0.996. The van der Waals surface area contributed by atoms with Crippen molar-refractivity contribution in [1.82, 2.24) is 9.69 Å². The number of aromatic nitrogens is 1. The Kier molecular flexibility index (Phi) is 4.02. The molecule has 1 aliphatic heterocycles. The van der Waals surface area contributed by atoms with Crippen LogP contribution in [0.2, 0.25) is 0 Å². The fraction of sp³-hybridized carbons (Fsp3) is 0.375. The molecule has 0 bridgehead atoms. The molecule has 0 spiro atoms. The summed E-state index contributed by atoms with van der Waals surface area (Å²) < 4.78 is 9.94. The van der Waals surface area contributed by atoms with Crippen molar-refractivity contribution in [2.75, 3.05) is 19.0 Å². The number of carbonyl (C=O) groups excluding carboxylic acids is 1. The molecule has 1 aromatic carbocycles. The number of anilines is 1. The number of nitrogens with zero attached hydrogens (tertiary/aromatic N) is 1. The standard InChI is InChI=1S/C16H19N3O2S/c1-9(12-8-21-13-7-5-4-6-11(12)13)18-15(20)14-10(2)19-22-16(14)17-3/h4-7,9,12,17H,8H2,1-3H3,(H,18,20). The van der Waals surface area contributed by atoms with E-state index in [4.69, 9.17) is 4.74 Å². The van der Waals surface area contributed by atoms with Crippen LogP contribution in [0, 0.1) is 6.92 Å². The molecule has 2 aromatic rings. The Morgan fingerprint density at radius 3 is 3.00 bits per heavy atom. The van der Waals surface area contributed by atoms with Gasteiger partial charge in [0.2, 0.25) is 0 Å². The second-order valence-corrected chi connectivity index (χ2v) is 6.21. The highest BCUT2D eigenvalue weighted by Gasteiger charge is 2.30. The third-order valence-corrected chi connectivity index (χ3v) is 4.97. The first-order valence-electron chi connectivity index (χ1n) is 7.28. The maximum atomic E-state index is 12.6. The number of amides is 1. The lowest BCUT2D eigenvalue weighted by molar-refractivity contribution is 0.0933. The first-order chi connectivity index (χ1) is 10.6. The van der Waals surface area contributed by atoms with E-state index in [9.17, 15) is 4.79 Å². The lowest BCUT2D eigenvalue weighted by atomic mass is 9.94. The molecule has 0 saturated heterocycles. The SMILES string of the molecule is CNc1snc(C)c1C(=O)NC(C)C1COc2ccccc21. The quantitative estimate of drug-likeness (QED) is 0.910. The highest BCUT2D eigenvalue weighted by atomic mass is 32.1. The molecule has 0 fully saturated rings. The van der Waals surface area contributed by atoms with Gasteiger partial charge in [-0.25, -0.2) is 0 Å².